The summed E-state index contributed by atoms with van der Waals surface area (Å²) >= 11 is 7.59. The molecule has 132 valence electrons. The fraction of sp³-hybridized carbons (Fsp3) is 0.158. The lowest BCUT2D eigenvalue weighted by Gasteiger charge is -2.10. The third kappa shape index (κ3) is 3.71. The molecule has 3 aromatic rings. The molecule has 2 heterocycles. The second-order valence-electron chi connectivity index (χ2n) is 5.79. The Morgan fingerprint density at radius 3 is 2.85 bits per heavy atom. The van der Waals surface area contributed by atoms with E-state index < -0.39 is 0 Å². The number of carbonyl (C=O) groups is 1. The maximum atomic E-state index is 12.3. The highest BCUT2D eigenvalue weighted by Gasteiger charge is 2.17. The lowest BCUT2D eigenvalue weighted by Crippen LogP contribution is -2.20. The molecule has 1 N–H and O–H groups in total. The molecular formula is C19H16ClN3O2S. The summed E-state index contributed by atoms with van der Waals surface area (Å²) in [5.41, 5.74) is 2.48. The van der Waals surface area contributed by atoms with Gasteiger partial charge in [0.25, 0.3) is 5.91 Å². The van der Waals surface area contributed by atoms with Gasteiger partial charge >= 0.3 is 0 Å². The summed E-state index contributed by atoms with van der Waals surface area (Å²) in [5.74, 6) is 1.43. The smallest absolute Gasteiger partial charge is 0.262 e. The molecule has 26 heavy (non-hydrogen) atoms. The first-order valence-electron chi connectivity index (χ1n) is 8.16. The van der Waals surface area contributed by atoms with E-state index in [1.807, 2.05) is 30.5 Å². The van der Waals surface area contributed by atoms with Crippen molar-refractivity contribution in [2.45, 2.75) is 11.7 Å². The molecule has 0 bridgehead atoms. The van der Waals surface area contributed by atoms with E-state index in [9.17, 15) is 4.79 Å². The van der Waals surface area contributed by atoms with Crippen LogP contribution in [-0.4, -0.2) is 27.8 Å². The predicted molar refractivity (Wildman–Crippen MR) is 104 cm³/mol. The van der Waals surface area contributed by atoms with Crippen molar-refractivity contribution in [2.24, 2.45) is 0 Å². The van der Waals surface area contributed by atoms with Crippen LogP contribution in [0.2, 0.25) is 5.02 Å². The number of imidazole rings is 1. The van der Waals surface area contributed by atoms with Gasteiger partial charge in [0.05, 0.1) is 11.4 Å². The van der Waals surface area contributed by atoms with Gasteiger partial charge < -0.3 is 14.6 Å². The second-order valence-corrected chi connectivity index (χ2v) is 7.29. The van der Waals surface area contributed by atoms with E-state index in [1.54, 1.807) is 36.0 Å². The number of ether oxygens (including phenoxy) is 1. The van der Waals surface area contributed by atoms with E-state index in [2.05, 4.69) is 14.9 Å². The summed E-state index contributed by atoms with van der Waals surface area (Å²) in [6, 6.07) is 14.6. The van der Waals surface area contributed by atoms with E-state index in [-0.39, 0.29) is 12.5 Å². The first-order valence-corrected chi connectivity index (χ1v) is 9.53. The van der Waals surface area contributed by atoms with Crippen molar-refractivity contribution in [3.8, 4) is 17.0 Å². The predicted octanol–water partition coefficient (Wildman–Crippen LogP) is 4.33. The number of thioether (sulfide) groups is 1. The van der Waals surface area contributed by atoms with Crippen molar-refractivity contribution < 1.29 is 9.53 Å². The van der Waals surface area contributed by atoms with Crippen LogP contribution in [0.4, 0.5) is 5.69 Å². The third-order valence-electron chi connectivity index (χ3n) is 3.96. The summed E-state index contributed by atoms with van der Waals surface area (Å²) in [5, 5.41) is 4.56. The van der Waals surface area contributed by atoms with Gasteiger partial charge in [0.1, 0.15) is 5.75 Å². The molecular weight excluding hydrogens is 370 g/mol. The number of amides is 1. The maximum absolute atomic E-state index is 12.3. The Labute approximate surface area is 160 Å². The molecule has 1 aliphatic heterocycles. The average molecular weight is 386 g/mol. The van der Waals surface area contributed by atoms with Gasteiger partial charge in [-0.15, -0.1) is 0 Å². The monoisotopic (exact) mass is 385 g/mol. The SMILES string of the molecule is O=C(COc1ccc(Cl)cc1)Nc1ccccc1-c1cn2c(n1)SCC2. The molecule has 0 spiro atoms. The Balaban J connectivity index is 1.46. The number of halogens is 1. The van der Waals surface area contributed by atoms with Gasteiger partial charge in [-0.2, -0.15) is 0 Å². The van der Waals surface area contributed by atoms with Gasteiger partial charge in [0.2, 0.25) is 0 Å². The van der Waals surface area contributed by atoms with E-state index in [0.717, 1.165) is 34.4 Å². The number of nitrogens with one attached hydrogen (secondary N) is 1. The van der Waals surface area contributed by atoms with Crippen molar-refractivity contribution in [2.75, 3.05) is 17.7 Å². The summed E-state index contributed by atoms with van der Waals surface area (Å²) in [4.78, 5) is 16.9. The molecule has 0 saturated heterocycles. The first-order chi connectivity index (χ1) is 12.7. The van der Waals surface area contributed by atoms with Crippen LogP contribution in [0.3, 0.4) is 0 Å². The van der Waals surface area contributed by atoms with Crippen molar-refractivity contribution in [1.82, 2.24) is 9.55 Å². The van der Waals surface area contributed by atoms with Crippen molar-refractivity contribution >= 4 is 35.0 Å². The van der Waals surface area contributed by atoms with E-state index in [0.29, 0.717) is 10.8 Å². The Bertz CT molecular complexity index is 919. The van der Waals surface area contributed by atoms with Gasteiger partial charge in [-0.1, -0.05) is 41.6 Å². The van der Waals surface area contributed by atoms with Crippen LogP contribution in [0.1, 0.15) is 0 Å². The molecule has 7 heteroatoms. The Kier molecular flexibility index (Phi) is 4.86. The highest BCUT2D eigenvalue weighted by molar-refractivity contribution is 7.99. The van der Waals surface area contributed by atoms with Crippen molar-refractivity contribution in [3.05, 3.63) is 59.8 Å². The minimum absolute atomic E-state index is 0.0779. The maximum Gasteiger partial charge on any atom is 0.262 e. The molecule has 0 atom stereocenters. The van der Waals surface area contributed by atoms with Crippen LogP contribution < -0.4 is 10.1 Å². The molecule has 5 nitrogen and oxygen atoms in total. The summed E-state index contributed by atoms with van der Waals surface area (Å²) in [6.45, 7) is 0.891. The number of anilines is 1. The normalized spacial score (nSPS) is 12.7. The van der Waals surface area contributed by atoms with E-state index in [4.69, 9.17) is 16.3 Å². The number of aryl methyl sites for hydroxylation is 1. The molecule has 0 aliphatic carbocycles. The Morgan fingerprint density at radius 2 is 2.04 bits per heavy atom. The quantitative estimate of drug-likeness (QED) is 0.710. The van der Waals surface area contributed by atoms with E-state index >= 15 is 0 Å². The zero-order valence-corrected chi connectivity index (χ0v) is 15.4. The van der Waals surface area contributed by atoms with Crippen LogP contribution in [0.5, 0.6) is 5.75 Å². The molecule has 0 radical (unpaired) electrons. The van der Waals surface area contributed by atoms with Crippen LogP contribution in [-0.2, 0) is 11.3 Å². The number of carbonyl (C=O) groups excluding carboxylic acids is 1. The third-order valence-corrected chi connectivity index (χ3v) is 5.19. The number of hydrogen-bond acceptors (Lipinski definition) is 4. The topological polar surface area (TPSA) is 56.1 Å². The molecule has 4 rings (SSSR count). The number of nitrogens with zero attached hydrogens (tertiary/aromatic N) is 2. The highest BCUT2D eigenvalue weighted by Crippen LogP contribution is 2.32. The molecule has 0 fully saturated rings. The average Bonchev–Trinajstić information content (AvgIpc) is 3.24. The number of rotatable bonds is 5. The zero-order chi connectivity index (χ0) is 17.9. The van der Waals surface area contributed by atoms with Crippen molar-refractivity contribution in [3.63, 3.8) is 0 Å². The minimum atomic E-state index is -0.228. The number of fused-ring (bicyclic) bond motifs is 1. The number of para-hydroxylation sites is 1. The molecule has 0 unspecified atom stereocenters. The summed E-state index contributed by atoms with van der Waals surface area (Å²) in [6.07, 6.45) is 2.03. The van der Waals surface area contributed by atoms with Crippen LogP contribution in [0.25, 0.3) is 11.3 Å². The summed E-state index contributed by atoms with van der Waals surface area (Å²) in [7, 11) is 0. The summed E-state index contributed by atoms with van der Waals surface area (Å²) < 4.78 is 7.64. The fourth-order valence-corrected chi connectivity index (χ4v) is 3.79. The number of hydrogen-bond donors (Lipinski definition) is 1. The number of benzene rings is 2. The van der Waals surface area contributed by atoms with Crippen molar-refractivity contribution in [1.29, 1.82) is 0 Å². The molecule has 1 aliphatic rings. The number of aromatic nitrogens is 2. The lowest BCUT2D eigenvalue weighted by molar-refractivity contribution is -0.118. The first kappa shape index (κ1) is 17.0. The lowest BCUT2D eigenvalue weighted by atomic mass is 10.1. The Hall–Kier alpha value is -2.44. The van der Waals surface area contributed by atoms with Crippen LogP contribution in [0, 0.1) is 0 Å². The van der Waals surface area contributed by atoms with Gasteiger partial charge in [0, 0.05) is 29.1 Å². The van der Waals surface area contributed by atoms with Gasteiger partial charge in [-0.05, 0) is 30.3 Å². The standard InChI is InChI=1S/C19H16ClN3O2S/c20-13-5-7-14(8-6-13)25-12-18(24)21-16-4-2-1-3-15(16)17-11-23-9-10-26-19(23)22-17/h1-8,11H,9-10,12H2,(H,21,24). The second kappa shape index (κ2) is 7.43. The largest absolute Gasteiger partial charge is 0.484 e. The van der Waals surface area contributed by atoms with Gasteiger partial charge in [-0.25, -0.2) is 4.98 Å². The van der Waals surface area contributed by atoms with Crippen LogP contribution >= 0.6 is 23.4 Å². The van der Waals surface area contributed by atoms with Gasteiger partial charge in [0.15, 0.2) is 11.8 Å². The minimum Gasteiger partial charge on any atom is -0.484 e. The van der Waals surface area contributed by atoms with E-state index in [1.165, 1.54) is 0 Å². The highest BCUT2D eigenvalue weighted by atomic mass is 35.5. The Morgan fingerprint density at radius 1 is 1.23 bits per heavy atom. The molecule has 2 aromatic carbocycles. The molecule has 1 amide bonds. The zero-order valence-electron chi connectivity index (χ0n) is 13.8. The fourth-order valence-electron chi connectivity index (χ4n) is 2.72. The molecule has 0 saturated carbocycles. The molecule has 1 aromatic heterocycles. The van der Waals surface area contributed by atoms with Gasteiger partial charge in [-0.3, -0.25) is 4.79 Å². The van der Waals surface area contributed by atoms with Crippen LogP contribution in [0.15, 0.2) is 59.9 Å².